The summed E-state index contributed by atoms with van der Waals surface area (Å²) in [5.74, 6) is 0.742. The maximum atomic E-state index is 11.4. The standard InChI is InChI=1S/C11H17NO3S/c1-10(2)16(13,14)12-8-9-15-11-6-4-3-5-7-11/h3-7,10,12H,8-9H2,1-2H3. The minimum absolute atomic E-state index is 0.287. The van der Waals surface area contributed by atoms with Crippen molar-refractivity contribution in [3.05, 3.63) is 30.3 Å². The highest BCUT2D eigenvalue weighted by Crippen LogP contribution is 2.07. The molecule has 0 aromatic heterocycles. The fourth-order valence-corrected chi connectivity index (χ4v) is 1.74. The Kier molecular flexibility index (Phi) is 4.76. The predicted molar refractivity (Wildman–Crippen MR) is 64.0 cm³/mol. The first-order valence-electron chi connectivity index (χ1n) is 5.18. The Morgan fingerprint density at radius 1 is 1.25 bits per heavy atom. The van der Waals surface area contributed by atoms with Crippen molar-refractivity contribution in [3.63, 3.8) is 0 Å². The van der Waals surface area contributed by atoms with Gasteiger partial charge in [0, 0.05) is 6.54 Å². The van der Waals surface area contributed by atoms with Crippen molar-refractivity contribution < 1.29 is 13.2 Å². The third-order valence-electron chi connectivity index (χ3n) is 2.04. The quantitative estimate of drug-likeness (QED) is 0.768. The van der Waals surface area contributed by atoms with Gasteiger partial charge in [-0.25, -0.2) is 13.1 Å². The van der Waals surface area contributed by atoms with Crippen LogP contribution < -0.4 is 9.46 Å². The van der Waals surface area contributed by atoms with Crippen molar-refractivity contribution in [1.82, 2.24) is 4.72 Å². The van der Waals surface area contributed by atoms with Crippen LogP contribution in [0.15, 0.2) is 30.3 Å². The van der Waals surface area contributed by atoms with Gasteiger partial charge in [0.15, 0.2) is 0 Å². The number of benzene rings is 1. The first kappa shape index (κ1) is 13.0. The van der Waals surface area contributed by atoms with E-state index < -0.39 is 15.3 Å². The summed E-state index contributed by atoms with van der Waals surface area (Å²) in [5.41, 5.74) is 0. The van der Waals surface area contributed by atoms with Gasteiger partial charge in [0.1, 0.15) is 12.4 Å². The van der Waals surface area contributed by atoms with Crippen LogP contribution in [0, 0.1) is 0 Å². The van der Waals surface area contributed by atoms with Crippen LogP contribution in [0.1, 0.15) is 13.8 Å². The Bertz CT molecular complexity index is 400. The predicted octanol–water partition coefficient (Wildman–Crippen LogP) is 1.39. The second kappa shape index (κ2) is 5.86. The van der Waals surface area contributed by atoms with E-state index in [1.54, 1.807) is 13.8 Å². The van der Waals surface area contributed by atoms with Gasteiger partial charge in [-0.1, -0.05) is 18.2 Å². The number of ether oxygens (including phenoxy) is 1. The second-order valence-electron chi connectivity index (χ2n) is 3.65. The number of sulfonamides is 1. The van der Waals surface area contributed by atoms with Crippen LogP contribution in [0.2, 0.25) is 0 Å². The molecule has 16 heavy (non-hydrogen) atoms. The van der Waals surface area contributed by atoms with Crippen LogP contribution in [-0.4, -0.2) is 26.8 Å². The molecular formula is C11H17NO3S. The third kappa shape index (κ3) is 4.20. The largest absolute Gasteiger partial charge is 0.492 e. The van der Waals surface area contributed by atoms with Crippen molar-refractivity contribution in [3.8, 4) is 5.75 Å². The monoisotopic (exact) mass is 243 g/mol. The van der Waals surface area contributed by atoms with Gasteiger partial charge in [-0.05, 0) is 26.0 Å². The van der Waals surface area contributed by atoms with Crippen LogP contribution >= 0.6 is 0 Å². The van der Waals surface area contributed by atoms with Gasteiger partial charge in [-0.2, -0.15) is 0 Å². The lowest BCUT2D eigenvalue weighted by Gasteiger charge is -2.10. The van der Waals surface area contributed by atoms with Crippen LogP contribution in [0.3, 0.4) is 0 Å². The summed E-state index contributed by atoms with van der Waals surface area (Å²) < 4.78 is 30.6. The van der Waals surface area contributed by atoms with E-state index in [9.17, 15) is 8.42 Å². The minimum Gasteiger partial charge on any atom is -0.492 e. The highest BCUT2D eigenvalue weighted by Gasteiger charge is 2.14. The lowest BCUT2D eigenvalue weighted by molar-refractivity contribution is 0.322. The molecule has 0 saturated carbocycles. The Morgan fingerprint density at radius 2 is 1.88 bits per heavy atom. The van der Waals surface area contributed by atoms with Gasteiger partial charge in [0.05, 0.1) is 5.25 Å². The van der Waals surface area contributed by atoms with E-state index in [0.717, 1.165) is 5.75 Å². The molecule has 0 unspecified atom stereocenters. The molecule has 5 heteroatoms. The van der Waals surface area contributed by atoms with Gasteiger partial charge in [0.25, 0.3) is 0 Å². The molecule has 0 fully saturated rings. The van der Waals surface area contributed by atoms with Crippen molar-refractivity contribution in [2.45, 2.75) is 19.1 Å². The summed E-state index contributed by atoms with van der Waals surface area (Å²) >= 11 is 0. The van der Waals surface area contributed by atoms with E-state index in [4.69, 9.17) is 4.74 Å². The highest BCUT2D eigenvalue weighted by molar-refractivity contribution is 7.90. The molecule has 1 aromatic rings. The zero-order chi connectivity index (χ0) is 12.0. The third-order valence-corrected chi connectivity index (χ3v) is 3.89. The molecule has 1 N–H and O–H groups in total. The summed E-state index contributed by atoms with van der Waals surface area (Å²) in [7, 11) is -3.18. The molecule has 4 nitrogen and oxygen atoms in total. The number of hydrogen-bond acceptors (Lipinski definition) is 3. The normalized spacial score (nSPS) is 11.7. The van der Waals surface area contributed by atoms with E-state index in [1.165, 1.54) is 0 Å². The molecule has 0 radical (unpaired) electrons. The number of nitrogens with one attached hydrogen (secondary N) is 1. The molecule has 0 saturated heterocycles. The number of para-hydroxylation sites is 1. The lowest BCUT2D eigenvalue weighted by Crippen LogP contribution is -2.33. The zero-order valence-corrected chi connectivity index (χ0v) is 10.3. The van der Waals surface area contributed by atoms with Gasteiger partial charge in [0.2, 0.25) is 10.0 Å². The lowest BCUT2D eigenvalue weighted by atomic mass is 10.3. The fourth-order valence-electron chi connectivity index (χ4n) is 1.04. The van der Waals surface area contributed by atoms with E-state index >= 15 is 0 Å². The van der Waals surface area contributed by atoms with Gasteiger partial charge < -0.3 is 4.74 Å². The molecule has 0 heterocycles. The highest BCUT2D eigenvalue weighted by atomic mass is 32.2. The van der Waals surface area contributed by atoms with Gasteiger partial charge in [-0.3, -0.25) is 0 Å². The maximum absolute atomic E-state index is 11.4. The molecule has 0 atom stereocenters. The smallest absolute Gasteiger partial charge is 0.214 e. The summed E-state index contributed by atoms with van der Waals surface area (Å²) in [5, 5.41) is -0.413. The van der Waals surface area contributed by atoms with Crippen molar-refractivity contribution in [2.75, 3.05) is 13.2 Å². The zero-order valence-electron chi connectivity index (χ0n) is 9.51. The molecular weight excluding hydrogens is 226 g/mol. The van der Waals surface area contributed by atoms with Crippen LogP contribution in [0.25, 0.3) is 0 Å². The van der Waals surface area contributed by atoms with Crippen LogP contribution in [-0.2, 0) is 10.0 Å². The maximum Gasteiger partial charge on any atom is 0.214 e. The molecule has 0 spiro atoms. The van der Waals surface area contributed by atoms with Crippen molar-refractivity contribution in [2.24, 2.45) is 0 Å². The molecule has 0 aliphatic heterocycles. The first-order chi connectivity index (χ1) is 7.52. The fraction of sp³-hybridized carbons (Fsp3) is 0.455. The number of hydrogen-bond donors (Lipinski definition) is 1. The van der Waals surface area contributed by atoms with E-state index in [2.05, 4.69) is 4.72 Å². The second-order valence-corrected chi connectivity index (χ2v) is 5.97. The van der Waals surface area contributed by atoms with Gasteiger partial charge >= 0.3 is 0 Å². The Labute approximate surface area is 96.7 Å². The van der Waals surface area contributed by atoms with E-state index in [0.29, 0.717) is 6.61 Å². The van der Waals surface area contributed by atoms with E-state index in [1.807, 2.05) is 30.3 Å². The number of rotatable bonds is 6. The average Bonchev–Trinajstić information content (AvgIpc) is 2.26. The molecule has 0 amide bonds. The first-order valence-corrected chi connectivity index (χ1v) is 6.73. The molecule has 0 aliphatic carbocycles. The Morgan fingerprint density at radius 3 is 2.44 bits per heavy atom. The molecule has 90 valence electrons. The minimum atomic E-state index is -3.18. The molecule has 1 rings (SSSR count). The average molecular weight is 243 g/mol. The Balaban J connectivity index is 2.28. The van der Waals surface area contributed by atoms with Crippen LogP contribution in [0.4, 0.5) is 0 Å². The van der Waals surface area contributed by atoms with Crippen molar-refractivity contribution >= 4 is 10.0 Å². The topological polar surface area (TPSA) is 55.4 Å². The Hall–Kier alpha value is -1.07. The summed E-state index contributed by atoms with van der Waals surface area (Å²) in [6.07, 6.45) is 0. The molecule has 1 aromatic carbocycles. The summed E-state index contributed by atoms with van der Waals surface area (Å²) in [6.45, 7) is 3.89. The van der Waals surface area contributed by atoms with Crippen LogP contribution in [0.5, 0.6) is 5.75 Å². The van der Waals surface area contributed by atoms with E-state index in [-0.39, 0.29) is 6.54 Å². The van der Waals surface area contributed by atoms with Gasteiger partial charge in [-0.15, -0.1) is 0 Å². The summed E-state index contributed by atoms with van der Waals surface area (Å²) in [6, 6.07) is 9.30. The molecule has 0 aliphatic rings. The summed E-state index contributed by atoms with van der Waals surface area (Å²) in [4.78, 5) is 0. The molecule has 0 bridgehead atoms. The van der Waals surface area contributed by atoms with Crippen molar-refractivity contribution in [1.29, 1.82) is 0 Å². The SMILES string of the molecule is CC(C)S(=O)(=O)NCCOc1ccccc1.